The van der Waals surface area contributed by atoms with Crippen LogP contribution in [-0.4, -0.2) is 12.1 Å². The number of fused-ring (bicyclic) bond motifs is 6. The summed E-state index contributed by atoms with van der Waals surface area (Å²) in [6.07, 6.45) is 33.0. The summed E-state index contributed by atoms with van der Waals surface area (Å²) < 4.78 is 12.1. The molecule has 1 aromatic carbocycles. The third-order valence-electron chi connectivity index (χ3n) is 19.2. The van der Waals surface area contributed by atoms with Gasteiger partial charge in [0, 0.05) is 5.69 Å². The molecular formula is C60H105N3O3. The lowest BCUT2D eigenvalue weighted by Crippen LogP contribution is -2.54. The first-order valence-electron chi connectivity index (χ1n) is 28.1. The number of allylic oxidation sites excluding steroid dienone is 2. The number of nitrogen functional groups attached to an aromatic ring is 2. The van der Waals surface area contributed by atoms with Crippen molar-refractivity contribution in [1.29, 1.82) is 0 Å². The molecule has 6 fully saturated rings. The molecule has 7 rings (SSSR count). The molecule has 6 aliphatic rings. The van der Waals surface area contributed by atoms with Crippen molar-refractivity contribution in [3.05, 3.63) is 41.8 Å². The van der Waals surface area contributed by atoms with Gasteiger partial charge in [0.2, 0.25) is 0 Å². The Labute approximate surface area is 407 Å². The Hall–Kier alpha value is -2.63. The number of carbonyl (C=O) groups is 1. The van der Waals surface area contributed by atoms with E-state index in [-0.39, 0.29) is 11.9 Å². The van der Waals surface area contributed by atoms with Gasteiger partial charge in [-0.3, -0.25) is 4.79 Å². The van der Waals surface area contributed by atoms with Crippen LogP contribution in [0.4, 0.5) is 11.4 Å². The number of rotatable bonds is 13. The van der Waals surface area contributed by atoms with Crippen molar-refractivity contribution in [2.75, 3.05) is 11.5 Å². The van der Waals surface area contributed by atoms with E-state index in [1.165, 1.54) is 116 Å². The number of ether oxygens (including phenoxy) is 2. The highest BCUT2D eigenvalue weighted by molar-refractivity contribution is 5.77. The highest BCUT2D eigenvalue weighted by Gasteiger charge is 2.61. The maximum atomic E-state index is 13.2. The van der Waals surface area contributed by atoms with Crippen molar-refractivity contribution >= 4 is 17.3 Å². The molecule has 0 bridgehead atoms. The first kappa shape index (κ1) is 56.0. The molecule has 0 aromatic heterocycles. The third-order valence-corrected chi connectivity index (χ3v) is 19.2. The minimum atomic E-state index is -0.105. The number of carbonyl (C=O) groups excluding carboxylic acids is 1. The number of benzene rings is 1. The van der Waals surface area contributed by atoms with Gasteiger partial charge in [0.15, 0.2) is 5.75 Å². The van der Waals surface area contributed by atoms with E-state index in [0.717, 1.165) is 84.5 Å². The first-order valence-corrected chi connectivity index (χ1v) is 28.1. The molecule has 13 unspecified atom stereocenters. The zero-order valence-electron chi connectivity index (χ0n) is 45.3. The smallest absolute Gasteiger partial charge is 0.314 e. The van der Waals surface area contributed by atoms with Gasteiger partial charge in [0.25, 0.3) is 0 Å². The molecule has 6 saturated carbocycles. The van der Waals surface area contributed by atoms with Gasteiger partial charge >= 0.3 is 5.97 Å². The minimum absolute atomic E-state index is 0.0158. The molecule has 6 N–H and O–H groups in total. The SMILES string of the molecule is C/C=C(N)\C(=C/CC)OC1CCC2(C)C(CC)CCCC2C1.CC.CC(C)CCCC(C)C1CCC2C3CCC4CC(C(=O)Oc5ccc(N)cc5N)CCC4(C)C3CCC12C.CCCC. The summed E-state index contributed by atoms with van der Waals surface area (Å²) in [7, 11) is 0. The number of esters is 1. The summed E-state index contributed by atoms with van der Waals surface area (Å²) >= 11 is 0. The van der Waals surface area contributed by atoms with Crippen LogP contribution in [0.25, 0.3) is 0 Å². The lowest BCUT2D eigenvalue weighted by Gasteiger charge is -2.61. The van der Waals surface area contributed by atoms with Crippen LogP contribution in [0.5, 0.6) is 5.75 Å². The molecule has 6 aliphatic carbocycles. The van der Waals surface area contributed by atoms with E-state index in [0.29, 0.717) is 45.4 Å². The lowest BCUT2D eigenvalue weighted by atomic mass is 9.44. The van der Waals surface area contributed by atoms with Crippen molar-refractivity contribution in [2.24, 2.45) is 81.2 Å². The molecule has 0 heterocycles. The minimum Gasteiger partial charge on any atom is -0.489 e. The fourth-order valence-electron chi connectivity index (χ4n) is 15.2. The molecule has 0 amide bonds. The van der Waals surface area contributed by atoms with Gasteiger partial charge in [0.1, 0.15) is 5.76 Å². The molecular weight excluding hydrogens is 811 g/mol. The molecule has 0 radical (unpaired) electrons. The van der Waals surface area contributed by atoms with E-state index in [4.69, 9.17) is 26.7 Å². The average molecular weight is 917 g/mol. The van der Waals surface area contributed by atoms with Crippen LogP contribution in [0.1, 0.15) is 231 Å². The fraction of sp³-hybridized carbons (Fsp3) is 0.817. The van der Waals surface area contributed by atoms with Crippen LogP contribution in [0.3, 0.4) is 0 Å². The van der Waals surface area contributed by atoms with Crippen molar-refractivity contribution < 1.29 is 14.3 Å². The topological polar surface area (TPSA) is 114 Å². The normalized spacial score (nSPS) is 35.4. The van der Waals surface area contributed by atoms with Crippen molar-refractivity contribution in [3.63, 3.8) is 0 Å². The predicted molar refractivity (Wildman–Crippen MR) is 284 cm³/mol. The summed E-state index contributed by atoms with van der Waals surface area (Å²) in [5, 5.41) is 0. The standard InChI is InChI=1S/C34H54N2O2.C20H35NO.C4H10.C2H6/c1-21(2)7-6-8-22(3)27-12-13-28-26-11-9-24-19-23(32(37)38-31-14-10-25(35)20-30(31)36)15-17-33(24,4)29(26)16-18-34(27,28)5;1-5-9-19(18(21)7-3)22-17-12-13-20(4)15(6-2)10-8-11-16(20)14-17;1-3-4-2;1-2/h10,14,20-24,26-29H,6-9,11-13,15-19,35-36H2,1-5H3;7,9,15-17H,5-6,8,10-14,21H2,1-4H3;3-4H2,1-2H3;1-2H3/b;18-7+,19-9+;;. The van der Waals surface area contributed by atoms with E-state index in [1.54, 1.807) is 18.2 Å². The second kappa shape index (κ2) is 25.8. The number of unbranched alkanes of at least 4 members (excludes halogenated alkanes) is 1. The third kappa shape index (κ3) is 13.2. The Kier molecular flexibility index (Phi) is 21.9. The van der Waals surface area contributed by atoms with Crippen molar-refractivity contribution in [3.8, 4) is 5.75 Å². The maximum Gasteiger partial charge on any atom is 0.314 e. The molecule has 0 aliphatic heterocycles. The molecule has 1 aromatic rings. The number of anilines is 2. The zero-order chi connectivity index (χ0) is 48.8. The van der Waals surface area contributed by atoms with Gasteiger partial charge in [-0.2, -0.15) is 0 Å². The van der Waals surface area contributed by atoms with E-state index >= 15 is 0 Å². The lowest BCUT2D eigenvalue weighted by molar-refractivity contribution is -0.150. The quantitative estimate of drug-likeness (QED) is 0.0597. The Morgan fingerprint density at radius 2 is 1.45 bits per heavy atom. The molecule has 0 spiro atoms. The molecule has 378 valence electrons. The van der Waals surface area contributed by atoms with E-state index in [1.807, 2.05) is 26.8 Å². The Morgan fingerprint density at radius 3 is 2.09 bits per heavy atom. The summed E-state index contributed by atoms with van der Waals surface area (Å²) in [5.41, 5.74) is 21.2. The Bertz CT molecular complexity index is 1680. The molecule has 6 heteroatoms. The van der Waals surface area contributed by atoms with Crippen LogP contribution in [0, 0.1) is 75.4 Å². The van der Waals surface area contributed by atoms with Crippen LogP contribution in [-0.2, 0) is 9.53 Å². The van der Waals surface area contributed by atoms with Gasteiger partial charge in [-0.15, -0.1) is 0 Å². The van der Waals surface area contributed by atoms with E-state index in [9.17, 15) is 4.79 Å². The van der Waals surface area contributed by atoms with E-state index < -0.39 is 0 Å². The second-order valence-corrected chi connectivity index (χ2v) is 23.4. The van der Waals surface area contributed by atoms with E-state index in [2.05, 4.69) is 75.3 Å². The summed E-state index contributed by atoms with van der Waals surface area (Å²) in [6.45, 7) is 30.0. The highest BCUT2D eigenvalue weighted by Crippen LogP contribution is 2.69. The zero-order valence-corrected chi connectivity index (χ0v) is 45.3. The van der Waals surface area contributed by atoms with Gasteiger partial charge < -0.3 is 26.7 Å². The molecule has 0 saturated heterocycles. The van der Waals surface area contributed by atoms with Crippen LogP contribution >= 0.6 is 0 Å². The number of hydrogen-bond acceptors (Lipinski definition) is 6. The van der Waals surface area contributed by atoms with Crippen molar-refractivity contribution in [2.45, 2.75) is 237 Å². The Balaban J connectivity index is 0.000000288. The second-order valence-electron chi connectivity index (χ2n) is 23.4. The number of hydrogen-bond donors (Lipinski definition) is 3. The molecule has 66 heavy (non-hydrogen) atoms. The average Bonchev–Trinajstić information content (AvgIpc) is 3.67. The first-order chi connectivity index (χ1) is 31.5. The molecule has 13 atom stereocenters. The largest absolute Gasteiger partial charge is 0.489 e. The highest BCUT2D eigenvalue weighted by atomic mass is 16.5. The summed E-state index contributed by atoms with van der Waals surface area (Å²) in [5.74, 6) is 8.85. The van der Waals surface area contributed by atoms with Gasteiger partial charge in [-0.25, -0.2) is 0 Å². The Morgan fingerprint density at radius 1 is 0.788 bits per heavy atom. The van der Waals surface area contributed by atoms with Gasteiger partial charge in [-0.1, -0.05) is 134 Å². The molecule has 6 nitrogen and oxygen atoms in total. The maximum absolute atomic E-state index is 13.2. The summed E-state index contributed by atoms with van der Waals surface area (Å²) in [4.78, 5) is 13.2. The summed E-state index contributed by atoms with van der Waals surface area (Å²) in [6, 6.07) is 5.13. The number of nitrogens with two attached hydrogens (primary N) is 3. The van der Waals surface area contributed by atoms with Gasteiger partial charge in [0.05, 0.1) is 23.4 Å². The van der Waals surface area contributed by atoms with Gasteiger partial charge in [-0.05, 0) is 197 Å². The fourth-order valence-corrected chi connectivity index (χ4v) is 15.2. The van der Waals surface area contributed by atoms with Crippen LogP contribution < -0.4 is 21.9 Å². The van der Waals surface area contributed by atoms with Crippen molar-refractivity contribution in [1.82, 2.24) is 0 Å². The predicted octanol–water partition coefficient (Wildman–Crippen LogP) is 16.9. The van der Waals surface area contributed by atoms with Crippen LogP contribution in [0.15, 0.2) is 41.8 Å². The monoisotopic (exact) mass is 916 g/mol. The van der Waals surface area contributed by atoms with Crippen LogP contribution in [0.2, 0.25) is 0 Å².